The van der Waals surface area contributed by atoms with E-state index in [1.165, 1.54) is 13.2 Å². The second-order valence-corrected chi connectivity index (χ2v) is 3.81. The molecule has 0 aliphatic rings. The third-order valence-corrected chi connectivity index (χ3v) is 2.49. The van der Waals surface area contributed by atoms with E-state index in [2.05, 4.69) is 6.92 Å². The molecule has 1 aromatic rings. The Hall–Kier alpha value is -1.78. The van der Waals surface area contributed by atoms with Crippen LogP contribution in [0.2, 0.25) is 0 Å². The van der Waals surface area contributed by atoms with Gasteiger partial charge in [0.15, 0.2) is 11.5 Å². The molecule has 0 atom stereocenters. The van der Waals surface area contributed by atoms with Crippen molar-refractivity contribution in [3.63, 3.8) is 0 Å². The summed E-state index contributed by atoms with van der Waals surface area (Å²) < 4.78 is 23.7. The lowest BCUT2D eigenvalue weighted by Crippen LogP contribution is -2.07. The van der Waals surface area contributed by atoms with E-state index in [1.807, 2.05) is 0 Å². The first-order valence-corrected chi connectivity index (χ1v) is 5.84. The lowest BCUT2D eigenvalue weighted by atomic mass is 10.1. The summed E-state index contributed by atoms with van der Waals surface area (Å²) in [7, 11) is 1.29. The fourth-order valence-electron chi connectivity index (χ4n) is 1.59. The first-order chi connectivity index (χ1) is 8.61. The predicted molar refractivity (Wildman–Crippen MR) is 64.9 cm³/mol. The van der Waals surface area contributed by atoms with Gasteiger partial charge in [-0.05, 0) is 18.6 Å². The van der Waals surface area contributed by atoms with E-state index in [9.17, 15) is 9.18 Å². The van der Waals surface area contributed by atoms with Crippen molar-refractivity contribution in [2.45, 2.75) is 26.2 Å². The van der Waals surface area contributed by atoms with Crippen LogP contribution in [-0.4, -0.2) is 24.8 Å². The topological polar surface area (TPSA) is 55.8 Å². The summed E-state index contributed by atoms with van der Waals surface area (Å²) in [4.78, 5) is 11.0. The predicted octanol–water partition coefficient (Wildman–Crippen LogP) is 3.10. The van der Waals surface area contributed by atoms with Crippen LogP contribution >= 0.6 is 0 Å². The molecule has 0 amide bonds. The summed E-state index contributed by atoms with van der Waals surface area (Å²) in [6, 6.07) is 2.45. The molecule has 0 radical (unpaired) electrons. The second-order valence-electron chi connectivity index (χ2n) is 3.81. The van der Waals surface area contributed by atoms with Crippen molar-refractivity contribution in [2.75, 3.05) is 13.7 Å². The Labute approximate surface area is 105 Å². The average molecular weight is 256 g/mol. The Morgan fingerprint density at radius 2 is 2.11 bits per heavy atom. The fraction of sp³-hybridized carbons (Fsp3) is 0.462. The zero-order valence-corrected chi connectivity index (χ0v) is 10.5. The normalized spacial score (nSPS) is 10.2. The molecular formula is C13H17FO4. The van der Waals surface area contributed by atoms with Gasteiger partial charge < -0.3 is 14.6 Å². The fourth-order valence-corrected chi connectivity index (χ4v) is 1.59. The molecule has 0 unspecified atom stereocenters. The van der Waals surface area contributed by atoms with E-state index in [0.717, 1.165) is 25.3 Å². The van der Waals surface area contributed by atoms with E-state index in [-0.39, 0.29) is 11.5 Å². The number of unbranched alkanes of at least 4 members (excludes halogenated alkanes) is 2. The lowest BCUT2D eigenvalue weighted by molar-refractivity contribution is 0.0687. The minimum atomic E-state index is -1.37. The third kappa shape index (κ3) is 3.35. The Bertz CT molecular complexity index is 418. The first kappa shape index (κ1) is 14.3. The Balaban J connectivity index is 2.91. The molecule has 0 aliphatic carbocycles. The van der Waals surface area contributed by atoms with Crippen LogP contribution in [0.3, 0.4) is 0 Å². The molecule has 1 N–H and O–H groups in total. The number of benzene rings is 1. The highest BCUT2D eigenvalue weighted by atomic mass is 19.1. The van der Waals surface area contributed by atoms with Crippen molar-refractivity contribution < 1.29 is 23.8 Å². The van der Waals surface area contributed by atoms with Gasteiger partial charge in [0.05, 0.1) is 13.7 Å². The molecule has 0 saturated carbocycles. The number of aromatic carboxylic acids is 1. The Morgan fingerprint density at radius 3 is 2.67 bits per heavy atom. The van der Waals surface area contributed by atoms with E-state index in [0.29, 0.717) is 6.61 Å². The minimum Gasteiger partial charge on any atom is -0.492 e. The van der Waals surface area contributed by atoms with Crippen LogP contribution in [0.25, 0.3) is 0 Å². The monoisotopic (exact) mass is 256 g/mol. The van der Waals surface area contributed by atoms with Crippen molar-refractivity contribution in [1.82, 2.24) is 0 Å². The van der Waals surface area contributed by atoms with Crippen LogP contribution in [0.5, 0.6) is 11.5 Å². The first-order valence-electron chi connectivity index (χ1n) is 5.84. The molecular weight excluding hydrogens is 239 g/mol. The van der Waals surface area contributed by atoms with E-state index >= 15 is 0 Å². The molecule has 100 valence electrons. The smallest absolute Gasteiger partial charge is 0.342 e. The second kappa shape index (κ2) is 6.83. The largest absolute Gasteiger partial charge is 0.492 e. The van der Waals surface area contributed by atoms with Crippen LogP contribution in [0, 0.1) is 5.82 Å². The van der Waals surface area contributed by atoms with E-state index in [4.69, 9.17) is 14.6 Å². The van der Waals surface area contributed by atoms with Gasteiger partial charge in [-0.25, -0.2) is 9.18 Å². The molecule has 0 aliphatic heterocycles. The van der Waals surface area contributed by atoms with Crippen molar-refractivity contribution in [3.8, 4) is 11.5 Å². The quantitative estimate of drug-likeness (QED) is 0.761. The SMILES string of the molecule is CCCCCOc1ccc(F)c(C(=O)O)c1OC. The molecule has 0 spiro atoms. The average Bonchev–Trinajstić information content (AvgIpc) is 2.35. The van der Waals surface area contributed by atoms with Crippen molar-refractivity contribution >= 4 is 5.97 Å². The number of carbonyl (C=O) groups is 1. The zero-order valence-electron chi connectivity index (χ0n) is 10.5. The van der Waals surface area contributed by atoms with Gasteiger partial charge in [0, 0.05) is 0 Å². The van der Waals surface area contributed by atoms with Crippen molar-refractivity contribution in [2.24, 2.45) is 0 Å². The summed E-state index contributed by atoms with van der Waals surface area (Å²) in [6.07, 6.45) is 2.94. The Kier molecular flexibility index (Phi) is 5.42. The summed E-state index contributed by atoms with van der Waals surface area (Å²) >= 11 is 0. The Morgan fingerprint density at radius 1 is 1.39 bits per heavy atom. The van der Waals surface area contributed by atoms with Gasteiger partial charge in [-0.2, -0.15) is 0 Å². The highest BCUT2D eigenvalue weighted by Gasteiger charge is 2.21. The van der Waals surface area contributed by atoms with Crippen molar-refractivity contribution in [3.05, 3.63) is 23.5 Å². The summed E-state index contributed by atoms with van der Waals surface area (Å²) in [5, 5.41) is 8.94. The highest BCUT2D eigenvalue weighted by molar-refractivity contribution is 5.92. The highest BCUT2D eigenvalue weighted by Crippen LogP contribution is 2.33. The number of halogens is 1. The van der Waals surface area contributed by atoms with Crippen LogP contribution in [-0.2, 0) is 0 Å². The van der Waals surface area contributed by atoms with Crippen LogP contribution in [0.15, 0.2) is 12.1 Å². The van der Waals surface area contributed by atoms with Gasteiger partial charge in [-0.1, -0.05) is 19.8 Å². The number of hydrogen-bond acceptors (Lipinski definition) is 3. The molecule has 0 saturated heterocycles. The van der Waals surface area contributed by atoms with Gasteiger partial charge >= 0.3 is 5.97 Å². The van der Waals surface area contributed by atoms with Gasteiger partial charge in [-0.15, -0.1) is 0 Å². The molecule has 18 heavy (non-hydrogen) atoms. The molecule has 0 aromatic heterocycles. The maximum Gasteiger partial charge on any atom is 0.342 e. The lowest BCUT2D eigenvalue weighted by Gasteiger charge is -2.13. The van der Waals surface area contributed by atoms with Gasteiger partial charge in [0.25, 0.3) is 0 Å². The molecule has 4 nitrogen and oxygen atoms in total. The number of carboxylic acids is 1. The van der Waals surface area contributed by atoms with Gasteiger partial charge in [0.1, 0.15) is 11.4 Å². The molecule has 0 fully saturated rings. The van der Waals surface area contributed by atoms with Crippen LogP contribution in [0.1, 0.15) is 36.5 Å². The molecule has 1 rings (SSSR count). The zero-order chi connectivity index (χ0) is 13.5. The number of rotatable bonds is 7. The molecule has 0 heterocycles. The molecule has 1 aromatic carbocycles. The number of hydrogen-bond donors (Lipinski definition) is 1. The van der Waals surface area contributed by atoms with Gasteiger partial charge in [0.2, 0.25) is 0 Å². The van der Waals surface area contributed by atoms with E-state index in [1.54, 1.807) is 0 Å². The van der Waals surface area contributed by atoms with Crippen LogP contribution < -0.4 is 9.47 Å². The maximum absolute atomic E-state index is 13.4. The molecule has 0 bridgehead atoms. The number of ether oxygens (including phenoxy) is 2. The third-order valence-electron chi connectivity index (χ3n) is 2.49. The van der Waals surface area contributed by atoms with Gasteiger partial charge in [-0.3, -0.25) is 0 Å². The summed E-state index contributed by atoms with van der Waals surface area (Å²) in [6.45, 7) is 2.52. The van der Waals surface area contributed by atoms with E-state index < -0.39 is 17.3 Å². The number of methoxy groups -OCH3 is 1. The molecule has 5 heteroatoms. The number of carboxylic acid groups (broad SMARTS) is 1. The standard InChI is InChI=1S/C13H17FO4/c1-3-4-5-8-18-10-7-6-9(14)11(13(15)16)12(10)17-2/h6-7H,3-5,8H2,1-2H3,(H,15,16). The maximum atomic E-state index is 13.4. The summed E-state index contributed by atoms with van der Waals surface area (Å²) in [5.74, 6) is -2.02. The minimum absolute atomic E-state index is 0.0704. The van der Waals surface area contributed by atoms with Crippen molar-refractivity contribution in [1.29, 1.82) is 0 Å². The summed E-state index contributed by atoms with van der Waals surface area (Å²) in [5.41, 5.74) is -0.495. The van der Waals surface area contributed by atoms with Crippen LogP contribution in [0.4, 0.5) is 4.39 Å².